The Labute approximate surface area is 108 Å². The second-order valence-corrected chi connectivity index (χ2v) is 4.13. The van der Waals surface area contributed by atoms with E-state index in [4.69, 9.17) is 0 Å². The lowest BCUT2D eigenvalue weighted by Gasteiger charge is -2.13. The number of aromatic nitrogens is 1. The highest BCUT2D eigenvalue weighted by Gasteiger charge is 2.49. The number of alkyl halides is 4. The molecule has 5 nitrogen and oxygen atoms in total. The largest absolute Gasteiger partial charge is 0.469 e. The molecule has 1 aromatic rings. The molecule has 0 unspecified atom stereocenters. The van der Waals surface area contributed by atoms with Crippen LogP contribution >= 0.6 is 11.3 Å². The molecule has 1 amide bonds. The average Bonchev–Trinajstić information content (AvgIpc) is 2.75. The Morgan fingerprint density at radius 1 is 1.53 bits per heavy atom. The predicted octanol–water partition coefficient (Wildman–Crippen LogP) is 1.70. The van der Waals surface area contributed by atoms with Gasteiger partial charge in [0.05, 0.1) is 19.2 Å². The summed E-state index contributed by atoms with van der Waals surface area (Å²) in [4.78, 5) is 25.4. The van der Waals surface area contributed by atoms with Gasteiger partial charge in [-0.05, 0) is 0 Å². The van der Waals surface area contributed by atoms with Crippen LogP contribution in [0.3, 0.4) is 0 Å². The zero-order valence-corrected chi connectivity index (χ0v) is 10.3. The number of carbonyl (C=O) groups excluding carboxylic acids is 2. The maximum Gasteiger partial charge on any atom is 0.383 e. The standard InChI is InChI=1S/C9H8F4N2O3S/c1-18-5(16)2-4-3-19-8(14-4)15-7(17)9(12,13)6(10)11/h3,6H,2H2,1H3,(H,14,15,17). The van der Waals surface area contributed by atoms with Crippen LogP contribution in [-0.2, 0) is 20.7 Å². The van der Waals surface area contributed by atoms with Gasteiger partial charge in [0.1, 0.15) is 0 Å². The summed E-state index contributed by atoms with van der Waals surface area (Å²) in [5.41, 5.74) is 0.174. The first kappa shape index (κ1) is 15.3. The molecule has 1 heterocycles. The van der Waals surface area contributed by atoms with Crippen molar-refractivity contribution in [1.82, 2.24) is 4.98 Å². The molecule has 0 bridgehead atoms. The number of methoxy groups -OCH3 is 1. The van der Waals surface area contributed by atoms with Crippen molar-refractivity contribution < 1.29 is 31.9 Å². The summed E-state index contributed by atoms with van der Waals surface area (Å²) < 4.78 is 53.4. The predicted molar refractivity (Wildman–Crippen MR) is 57.4 cm³/mol. The summed E-state index contributed by atoms with van der Waals surface area (Å²) in [6.45, 7) is 0. The van der Waals surface area contributed by atoms with Crippen LogP contribution in [0.15, 0.2) is 5.38 Å². The molecule has 0 saturated heterocycles. The molecule has 19 heavy (non-hydrogen) atoms. The Kier molecular flexibility index (Phi) is 4.81. The lowest BCUT2D eigenvalue weighted by Crippen LogP contribution is -2.40. The van der Waals surface area contributed by atoms with Crippen LogP contribution in [0.25, 0.3) is 0 Å². The number of hydrogen-bond donors (Lipinski definition) is 1. The Morgan fingerprint density at radius 3 is 2.68 bits per heavy atom. The molecule has 0 aliphatic heterocycles. The molecule has 0 fully saturated rings. The quantitative estimate of drug-likeness (QED) is 0.664. The number of halogens is 4. The van der Waals surface area contributed by atoms with Crippen LogP contribution in [0, 0.1) is 0 Å². The van der Waals surface area contributed by atoms with E-state index in [1.807, 2.05) is 0 Å². The first-order chi connectivity index (χ1) is 8.77. The van der Waals surface area contributed by atoms with Gasteiger partial charge in [-0.2, -0.15) is 8.78 Å². The van der Waals surface area contributed by atoms with Gasteiger partial charge in [0.25, 0.3) is 0 Å². The van der Waals surface area contributed by atoms with Crippen molar-refractivity contribution in [3.05, 3.63) is 11.1 Å². The molecular formula is C9H8F4N2O3S. The van der Waals surface area contributed by atoms with Gasteiger partial charge < -0.3 is 4.74 Å². The second-order valence-electron chi connectivity index (χ2n) is 3.27. The number of hydrogen-bond acceptors (Lipinski definition) is 5. The third kappa shape index (κ3) is 3.88. The lowest BCUT2D eigenvalue weighted by molar-refractivity contribution is -0.163. The van der Waals surface area contributed by atoms with Crippen molar-refractivity contribution in [3.63, 3.8) is 0 Å². The number of nitrogens with zero attached hydrogens (tertiary/aromatic N) is 1. The topological polar surface area (TPSA) is 68.3 Å². The van der Waals surface area contributed by atoms with Gasteiger partial charge in [0, 0.05) is 5.38 Å². The summed E-state index contributed by atoms with van der Waals surface area (Å²) >= 11 is 0.729. The van der Waals surface area contributed by atoms with Crippen molar-refractivity contribution in [1.29, 1.82) is 0 Å². The Bertz CT molecular complexity index is 478. The summed E-state index contributed by atoms with van der Waals surface area (Å²) in [5.74, 6) is -7.56. The van der Waals surface area contributed by atoms with Crippen LogP contribution in [0.1, 0.15) is 5.69 Å². The minimum absolute atomic E-state index is 0.174. The van der Waals surface area contributed by atoms with E-state index in [2.05, 4.69) is 9.72 Å². The molecule has 1 rings (SSSR count). The molecule has 0 atom stereocenters. The van der Waals surface area contributed by atoms with Crippen LogP contribution in [0.5, 0.6) is 0 Å². The van der Waals surface area contributed by atoms with Crippen molar-refractivity contribution in [3.8, 4) is 0 Å². The summed E-state index contributed by atoms with van der Waals surface area (Å²) in [6.07, 6.45) is -4.32. The molecule has 10 heteroatoms. The fourth-order valence-corrected chi connectivity index (χ4v) is 1.65. The highest BCUT2D eigenvalue weighted by molar-refractivity contribution is 7.13. The van der Waals surface area contributed by atoms with Crippen LogP contribution in [0.4, 0.5) is 22.7 Å². The Hall–Kier alpha value is -1.71. The summed E-state index contributed by atoms with van der Waals surface area (Å²) in [7, 11) is 1.15. The Balaban J connectivity index is 2.69. The Morgan fingerprint density at radius 2 is 2.16 bits per heavy atom. The van der Waals surface area contributed by atoms with E-state index < -0.39 is 24.2 Å². The number of amides is 1. The van der Waals surface area contributed by atoms with Gasteiger partial charge in [-0.3, -0.25) is 14.9 Å². The molecule has 0 radical (unpaired) electrons. The highest BCUT2D eigenvalue weighted by atomic mass is 32.1. The van der Waals surface area contributed by atoms with E-state index in [0.29, 0.717) is 0 Å². The van der Waals surface area contributed by atoms with E-state index in [9.17, 15) is 27.2 Å². The monoisotopic (exact) mass is 300 g/mol. The SMILES string of the molecule is COC(=O)Cc1csc(NC(=O)C(F)(F)C(F)F)n1. The normalized spacial score (nSPS) is 11.5. The van der Waals surface area contributed by atoms with Gasteiger partial charge in [0.15, 0.2) is 5.13 Å². The lowest BCUT2D eigenvalue weighted by atomic mass is 10.3. The van der Waals surface area contributed by atoms with E-state index in [-0.39, 0.29) is 17.2 Å². The average molecular weight is 300 g/mol. The van der Waals surface area contributed by atoms with Crippen molar-refractivity contribution in [2.45, 2.75) is 18.8 Å². The molecule has 0 spiro atoms. The zero-order chi connectivity index (χ0) is 14.6. The summed E-state index contributed by atoms with van der Waals surface area (Å²) in [6, 6.07) is 0. The van der Waals surface area contributed by atoms with Crippen LogP contribution in [-0.4, -0.2) is 36.3 Å². The molecule has 1 N–H and O–H groups in total. The van der Waals surface area contributed by atoms with Crippen LogP contribution < -0.4 is 5.32 Å². The molecule has 1 aromatic heterocycles. The first-order valence-corrected chi connectivity index (χ1v) is 5.64. The van der Waals surface area contributed by atoms with Gasteiger partial charge in [0.2, 0.25) is 0 Å². The molecule has 106 valence electrons. The highest BCUT2D eigenvalue weighted by Crippen LogP contribution is 2.25. The smallest absolute Gasteiger partial charge is 0.383 e. The molecule has 0 aromatic carbocycles. The fraction of sp³-hybridized carbons (Fsp3) is 0.444. The van der Waals surface area contributed by atoms with E-state index in [0.717, 1.165) is 18.4 Å². The first-order valence-electron chi connectivity index (χ1n) is 4.76. The maximum atomic E-state index is 12.6. The van der Waals surface area contributed by atoms with Crippen molar-refractivity contribution in [2.75, 3.05) is 12.4 Å². The van der Waals surface area contributed by atoms with Gasteiger partial charge in [-0.15, -0.1) is 11.3 Å². The van der Waals surface area contributed by atoms with Crippen LogP contribution in [0.2, 0.25) is 0 Å². The molecule has 0 aliphatic rings. The third-order valence-corrected chi connectivity index (χ3v) is 2.71. The zero-order valence-electron chi connectivity index (χ0n) is 9.45. The number of anilines is 1. The minimum Gasteiger partial charge on any atom is -0.469 e. The number of ether oxygens (including phenoxy) is 1. The van der Waals surface area contributed by atoms with E-state index in [1.54, 1.807) is 5.32 Å². The summed E-state index contributed by atoms with van der Waals surface area (Å²) in [5, 5.41) is 2.57. The van der Waals surface area contributed by atoms with Gasteiger partial charge in [-0.1, -0.05) is 0 Å². The van der Waals surface area contributed by atoms with Gasteiger partial charge in [-0.25, -0.2) is 13.8 Å². The number of rotatable bonds is 5. The number of esters is 1. The van der Waals surface area contributed by atoms with E-state index in [1.165, 1.54) is 5.38 Å². The number of nitrogens with one attached hydrogen (secondary N) is 1. The maximum absolute atomic E-state index is 12.6. The number of carbonyl (C=O) groups is 2. The second kappa shape index (κ2) is 5.95. The van der Waals surface area contributed by atoms with Crippen molar-refractivity contribution >= 4 is 28.3 Å². The molecular weight excluding hydrogens is 292 g/mol. The number of thiazole rings is 1. The minimum atomic E-state index is -4.80. The van der Waals surface area contributed by atoms with E-state index >= 15 is 0 Å². The molecule has 0 aliphatic carbocycles. The van der Waals surface area contributed by atoms with Crippen molar-refractivity contribution in [2.24, 2.45) is 0 Å². The molecule has 0 saturated carbocycles. The third-order valence-electron chi connectivity index (χ3n) is 1.90. The fourth-order valence-electron chi connectivity index (χ4n) is 0.945. The van der Waals surface area contributed by atoms with Gasteiger partial charge >= 0.3 is 24.2 Å².